The number of thioether (sulfide) groups is 1. The van der Waals surface area contributed by atoms with Crippen LogP contribution in [0.15, 0.2) is 61.2 Å². The number of imidazole rings is 1. The van der Waals surface area contributed by atoms with Crippen molar-refractivity contribution in [1.29, 1.82) is 0 Å². The van der Waals surface area contributed by atoms with Gasteiger partial charge in [0.05, 0.1) is 35.7 Å². The summed E-state index contributed by atoms with van der Waals surface area (Å²) in [5.41, 5.74) is 5.60. The lowest BCUT2D eigenvalue weighted by atomic mass is 10.1. The molecule has 0 aliphatic carbocycles. The Hall–Kier alpha value is -4.02. The van der Waals surface area contributed by atoms with E-state index in [4.69, 9.17) is 9.47 Å². The van der Waals surface area contributed by atoms with E-state index in [1.54, 1.807) is 19.8 Å². The molecule has 0 saturated carbocycles. The second kappa shape index (κ2) is 11.0. The van der Waals surface area contributed by atoms with Crippen LogP contribution in [-0.4, -0.2) is 57.3 Å². The average molecular weight is 542 g/mol. The third kappa shape index (κ3) is 5.71. The van der Waals surface area contributed by atoms with E-state index in [1.165, 1.54) is 5.75 Å². The Kier molecular flexibility index (Phi) is 7.12. The molecule has 6 rings (SSSR count). The summed E-state index contributed by atoms with van der Waals surface area (Å²) >= 11 is 2.00. The number of benzene rings is 3. The maximum absolute atomic E-state index is 6.18. The lowest BCUT2D eigenvalue weighted by Gasteiger charge is -2.15. The molecule has 1 unspecified atom stereocenters. The summed E-state index contributed by atoms with van der Waals surface area (Å²) in [4.78, 5) is 13.4. The zero-order chi connectivity index (χ0) is 26.8. The monoisotopic (exact) mass is 541 g/mol. The highest BCUT2D eigenvalue weighted by Crippen LogP contribution is 2.34. The third-order valence-electron chi connectivity index (χ3n) is 6.71. The van der Waals surface area contributed by atoms with Gasteiger partial charge in [0, 0.05) is 60.9 Å². The molecule has 0 bridgehead atoms. The SMILES string of the molecule is COc1cc2ncnc(Nc3ccc(Oc4ccc5c(c4)ncn5C)c(C)c3)c2cc1NCCNCC1CS1. The van der Waals surface area contributed by atoms with Crippen molar-refractivity contribution in [3.63, 3.8) is 0 Å². The number of aryl methyl sites for hydroxylation is 2. The van der Waals surface area contributed by atoms with Crippen molar-refractivity contribution < 1.29 is 9.47 Å². The molecule has 9 nitrogen and oxygen atoms in total. The van der Waals surface area contributed by atoms with Crippen molar-refractivity contribution in [3.8, 4) is 17.2 Å². The fraction of sp³-hybridized carbons (Fsp3) is 0.276. The summed E-state index contributed by atoms with van der Waals surface area (Å²) in [7, 11) is 3.66. The number of fused-ring (bicyclic) bond motifs is 2. The highest BCUT2D eigenvalue weighted by Gasteiger charge is 2.21. The molecule has 39 heavy (non-hydrogen) atoms. The summed E-state index contributed by atoms with van der Waals surface area (Å²) < 4.78 is 13.8. The van der Waals surface area contributed by atoms with E-state index in [0.717, 1.165) is 86.8 Å². The summed E-state index contributed by atoms with van der Waals surface area (Å²) in [6.45, 7) is 4.77. The molecule has 0 spiro atoms. The third-order valence-corrected chi connectivity index (χ3v) is 7.68. The minimum absolute atomic E-state index is 0.725. The highest BCUT2D eigenvalue weighted by molar-refractivity contribution is 8.06. The Morgan fingerprint density at radius 2 is 1.90 bits per heavy atom. The molecular formula is C29H31N7O2S. The molecule has 1 aliphatic rings. The van der Waals surface area contributed by atoms with Gasteiger partial charge in [-0.1, -0.05) is 0 Å². The van der Waals surface area contributed by atoms with Crippen LogP contribution < -0.4 is 25.4 Å². The first-order valence-corrected chi connectivity index (χ1v) is 14.0. The summed E-state index contributed by atoms with van der Waals surface area (Å²) in [5.74, 6) is 4.29. The van der Waals surface area contributed by atoms with Gasteiger partial charge in [0.1, 0.15) is 29.4 Å². The molecule has 200 valence electrons. The topological polar surface area (TPSA) is 98.2 Å². The molecule has 0 radical (unpaired) electrons. The predicted molar refractivity (Wildman–Crippen MR) is 159 cm³/mol. The largest absolute Gasteiger partial charge is 0.495 e. The van der Waals surface area contributed by atoms with Gasteiger partial charge in [-0.25, -0.2) is 15.0 Å². The molecule has 3 aromatic carbocycles. The number of anilines is 3. The number of ether oxygens (including phenoxy) is 2. The average Bonchev–Trinajstić information content (AvgIpc) is 3.70. The van der Waals surface area contributed by atoms with Crippen molar-refractivity contribution in [2.24, 2.45) is 7.05 Å². The van der Waals surface area contributed by atoms with Crippen LogP contribution in [0.1, 0.15) is 5.56 Å². The zero-order valence-corrected chi connectivity index (χ0v) is 23.0. The van der Waals surface area contributed by atoms with Crippen LogP contribution in [0.25, 0.3) is 21.9 Å². The smallest absolute Gasteiger partial charge is 0.144 e. The second-order valence-corrected chi connectivity index (χ2v) is 10.9. The number of hydrogen-bond acceptors (Lipinski definition) is 9. The first-order valence-electron chi connectivity index (χ1n) is 12.9. The summed E-state index contributed by atoms with van der Waals surface area (Å²) in [6, 6.07) is 15.9. The molecule has 1 aliphatic heterocycles. The van der Waals surface area contributed by atoms with Crippen LogP contribution >= 0.6 is 11.8 Å². The maximum atomic E-state index is 6.18. The van der Waals surface area contributed by atoms with Gasteiger partial charge < -0.3 is 30.0 Å². The van der Waals surface area contributed by atoms with E-state index in [0.29, 0.717) is 0 Å². The van der Waals surface area contributed by atoms with Crippen molar-refractivity contribution in [2.75, 3.05) is 43.1 Å². The van der Waals surface area contributed by atoms with Crippen molar-refractivity contribution in [2.45, 2.75) is 12.2 Å². The van der Waals surface area contributed by atoms with Crippen LogP contribution in [0.3, 0.4) is 0 Å². The van der Waals surface area contributed by atoms with Crippen LogP contribution in [-0.2, 0) is 7.05 Å². The van der Waals surface area contributed by atoms with E-state index in [-0.39, 0.29) is 0 Å². The molecule has 1 saturated heterocycles. The lowest BCUT2D eigenvalue weighted by Crippen LogP contribution is -2.25. The zero-order valence-electron chi connectivity index (χ0n) is 22.2. The van der Waals surface area contributed by atoms with E-state index in [1.807, 2.05) is 72.8 Å². The first kappa shape index (κ1) is 25.3. The van der Waals surface area contributed by atoms with E-state index in [9.17, 15) is 0 Å². The molecule has 1 atom stereocenters. The van der Waals surface area contributed by atoms with Crippen molar-refractivity contribution >= 4 is 50.9 Å². The molecule has 3 N–H and O–H groups in total. The number of nitrogens with zero attached hydrogens (tertiary/aromatic N) is 4. The number of hydrogen-bond donors (Lipinski definition) is 3. The Labute approximate surface area is 231 Å². The van der Waals surface area contributed by atoms with Crippen molar-refractivity contribution in [3.05, 3.63) is 66.7 Å². The fourth-order valence-corrected chi connectivity index (χ4v) is 5.00. The van der Waals surface area contributed by atoms with Gasteiger partial charge in [-0.2, -0.15) is 11.8 Å². The van der Waals surface area contributed by atoms with Gasteiger partial charge in [0.2, 0.25) is 0 Å². The molecule has 2 aromatic heterocycles. The molecule has 5 aromatic rings. The maximum Gasteiger partial charge on any atom is 0.144 e. The first-order chi connectivity index (χ1) is 19.1. The van der Waals surface area contributed by atoms with Crippen LogP contribution in [0.5, 0.6) is 17.2 Å². The minimum atomic E-state index is 0.725. The highest BCUT2D eigenvalue weighted by atomic mass is 32.2. The van der Waals surface area contributed by atoms with Crippen LogP contribution in [0, 0.1) is 6.92 Å². The molecule has 0 amide bonds. The molecular weight excluding hydrogens is 510 g/mol. The molecule has 3 heterocycles. The molecule has 1 fully saturated rings. The van der Waals surface area contributed by atoms with Crippen LogP contribution in [0.4, 0.5) is 17.2 Å². The fourth-order valence-electron chi connectivity index (χ4n) is 4.51. The Morgan fingerprint density at radius 1 is 1.00 bits per heavy atom. The number of methoxy groups -OCH3 is 1. The van der Waals surface area contributed by atoms with Crippen molar-refractivity contribution in [1.82, 2.24) is 24.8 Å². The van der Waals surface area contributed by atoms with Gasteiger partial charge in [-0.05, 0) is 48.9 Å². The second-order valence-electron chi connectivity index (χ2n) is 9.59. The Bertz CT molecular complexity index is 1630. The van der Waals surface area contributed by atoms with E-state index in [2.05, 4.69) is 37.0 Å². The summed E-state index contributed by atoms with van der Waals surface area (Å²) in [6.07, 6.45) is 3.37. The van der Waals surface area contributed by atoms with Crippen LogP contribution in [0.2, 0.25) is 0 Å². The summed E-state index contributed by atoms with van der Waals surface area (Å²) in [5, 5.41) is 12.1. The normalized spacial score (nSPS) is 14.5. The van der Waals surface area contributed by atoms with Gasteiger partial charge >= 0.3 is 0 Å². The lowest BCUT2D eigenvalue weighted by molar-refractivity contribution is 0.417. The molecule has 10 heteroatoms. The Balaban J connectivity index is 1.19. The number of rotatable bonds is 11. The predicted octanol–water partition coefficient (Wildman–Crippen LogP) is 5.49. The van der Waals surface area contributed by atoms with Gasteiger partial charge in [0.25, 0.3) is 0 Å². The van der Waals surface area contributed by atoms with Gasteiger partial charge in [0.15, 0.2) is 0 Å². The van der Waals surface area contributed by atoms with Gasteiger partial charge in [-0.3, -0.25) is 0 Å². The Morgan fingerprint density at radius 3 is 2.72 bits per heavy atom. The number of aromatic nitrogens is 4. The number of nitrogens with one attached hydrogen (secondary N) is 3. The quantitative estimate of drug-likeness (QED) is 0.148. The minimum Gasteiger partial charge on any atom is -0.495 e. The van der Waals surface area contributed by atoms with E-state index >= 15 is 0 Å². The van der Waals surface area contributed by atoms with Gasteiger partial charge in [-0.15, -0.1) is 0 Å². The standard InChI is InChI=1S/C29H31N7O2S/c1-18-10-19(4-7-27(18)38-20-5-6-26-24(11-20)34-17-36(26)2)35-29-22-12-25(31-9-8-30-14-21-15-39-21)28(37-3)13-23(22)32-16-33-29/h4-7,10-13,16-17,21,30-31H,8-9,14-15H2,1-3H3,(H,32,33,35). The van der Waals surface area contributed by atoms with E-state index < -0.39 is 0 Å².